The first-order valence-corrected chi connectivity index (χ1v) is 9.93. The minimum absolute atomic E-state index is 0.0110. The molecule has 0 spiro atoms. The molecule has 1 unspecified atom stereocenters. The third-order valence-corrected chi connectivity index (χ3v) is 5.46. The van der Waals surface area contributed by atoms with Crippen LogP contribution >= 0.6 is 11.3 Å². The zero-order chi connectivity index (χ0) is 18.6. The lowest BCUT2D eigenvalue weighted by Crippen LogP contribution is -2.20. The van der Waals surface area contributed by atoms with E-state index < -0.39 is 0 Å². The topological polar surface area (TPSA) is 42.0 Å². The van der Waals surface area contributed by atoms with E-state index in [0.29, 0.717) is 5.13 Å². The number of anilines is 1. The summed E-state index contributed by atoms with van der Waals surface area (Å²) in [4.78, 5) is 17.3. The Bertz CT molecular complexity index is 1070. The van der Waals surface area contributed by atoms with Gasteiger partial charge in [0, 0.05) is 10.9 Å². The Labute approximate surface area is 162 Å². The number of nitrogens with one attached hydrogen (secondary N) is 1. The number of rotatable bonds is 5. The van der Waals surface area contributed by atoms with Crippen molar-refractivity contribution < 1.29 is 4.79 Å². The van der Waals surface area contributed by atoms with Crippen LogP contribution in [0.2, 0.25) is 0 Å². The van der Waals surface area contributed by atoms with E-state index in [2.05, 4.69) is 40.6 Å². The first-order chi connectivity index (χ1) is 13.2. The van der Waals surface area contributed by atoms with E-state index >= 15 is 0 Å². The Hall–Kier alpha value is -2.98. The van der Waals surface area contributed by atoms with Gasteiger partial charge in [0.15, 0.2) is 5.13 Å². The predicted octanol–water partition coefficient (Wildman–Crippen LogP) is 6.10. The van der Waals surface area contributed by atoms with Gasteiger partial charge in [0.2, 0.25) is 5.91 Å². The van der Waals surface area contributed by atoms with Crippen LogP contribution in [0.25, 0.3) is 22.0 Å². The summed E-state index contributed by atoms with van der Waals surface area (Å²) in [6, 6.07) is 24.5. The van der Waals surface area contributed by atoms with Crippen molar-refractivity contribution in [2.45, 2.75) is 19.3 Å². The number of hydrogen-bond donors (Lipinski definition) is 1. The van der Waals surface area contributed by atoms with E-state index in [0.717, 1.165) is 23.2 Å². The standard InChI is InChI=1S/C23H20N2OS/c1-2-20(17-9-4-3-5-10-17)22(26)25-23-24-21(15-27-23)19-13-12-16-8-6-7-11-18(16)14-19/h3-15,20H,2H2,1H3,(H,24,25,26). The summed E-state index contributed by atoms with van der Waals surface area (Å²) in [7, 11) is 0. The molecular formula is C23H20N2OS. The van der Waals surface area contributed by atoms with Crippen molar-refractivity contribution in [2.75, 3.05) is 5.32 Å². The van der Waals surface area contributed by atoms with Gasteiger partial charge in [0.25, 0.3) is 0 Å². The SMILES string of the molecule is CCC(C(=O)Nc1nc(-c2ccc3ccccc3c2)cs1)c1ccccc1. The molecule has 0 fully saturated rings. The van der Waals surface area contributed by atoms with Crippen molar-refractivity contribution in [3.05, 3.63) is 83.7 Å². The summed E-state index contributed by atoms with van der Waals surface area (Å²) >= 11 is 1.46. The zero-order valence-corrected chi connectivity index (χ0v) is 15.9. The number of nitrogens with zero attached hydrogens (tertiary/aromatic N) is 1. The van der Waals surface area contributed by atoms with Gasteiger partial charge in [-0.15, -0.1) is 11.3 Å². The van der Waals surface area contributed by atoms with E-state index in [-0.39, 0.29) is 11.8 Å². The average molecular weight is 372 g/mol. The molecule has 1 N–H and O–H groups in total. The maximum absolute atomic E-state index is 12.7. The molecule has 4 aromatic rings. The van der Waals surface area contributed by atoms with Gasteiger partial charge in [-0.1, -0.05) is 73.7 Å². The van der Waals surface area contributed by atoms with E-state index in [4.69, 9.17) is 0 Å². The molecule has 4 rings (SSSR count). The molecule has 1 atom stereocenters. The summed E-state index contributed by atoms with van der Waals surface area (Å²) in [6.45, 7) is 2.03. The van der Waals surface area contributed by atoms with E-state index in [9.17, 15) is 4.79 Å². The van der Waals surface area contributed by atoms with Crippen LogP contribution in [-0.2, 0) is 4.79 Å². The second kappa shape index (κ2) is 7.72. The van der Waals surface area contributed by atoms with E-state index in [1.54, 1.807) is 0 Å². The minimum Gasteiger partial charge on any atom is -0.301 e. The smallest absolute Gasteiger partial charge is 0.233 e. The normalized spacial score (nSPS) is 12.0. The predicted molar refractivity (Wildman–Crippen MR) is 113 cm³/mol. The molecule has 1 heterocycles. The number of fused-ring (bicyclic) bond motifs is 1. The summed E-state index contributed by atoms with van der Waals surface area (Å²) in [5, 5.41) is 8.00. The number of carbonyl (C=O) groups is 1. The molecule has 0 bridgehead atoms. The molecule has 0 saturated carbocycles. The van der Waals surface area contributed by atoms with Gasteiger partial charge in [0.1, 0.15) is 0 Å². The highest BCUT2D eigenvalue weighted by atomic mass is 32.1. The second-order valence-electron chi connectivity index (χ2n) is 6.46. The Morgan fingerprint density at radius 3 is 2.52 bits per heavy atom. The third kappa shape index (κ3) is 3.76. The van der Waals surface area contributed by atoms with E-state index in [1.807, 2.05) is 54.8 Å². The van der Waals surface area contributed by atoms with Crippen LogP contribution in [0.3, 0.4) is 0 Å². The number of hydrogen-bond acceptors (Lipinski definition) is 3. The number of amides is 1. The highest BCUT2D eigenvalue weighted by Gasteiger charge is 2.19. The number of aromatic nitrogens is 1. The fraction of sp³-hybridized carbons (Fsp3) is 0.130. The van der Waals surface area contributed by atoms with Crippen LogP contribution in [-0.4, -0.2) is 10.9 Å². The summed E-state index contributed by atoms with van der Waals surface area (Å²) in [6.07, 6.45) is 0.749. The number of carbonyl (C=O) groups excluding carboxylic acids is 1. The molecule has 3 nitrogen and oxygen atoms in total. The third-order valence-electron chi connectivity index (χ3n) is 4.71. The van der Waals surface area contributed by atoms with Crippen molar-refractivity contribution in [2.24, 2.45) is 0 Å². The average Bonchev–Trinajstić information content (AvgIpc) is 3.17. The van der Waals surface area contributed by atoms with Crippen LogP contribution in [0.1, 0.15) is 24.8 Å². The fourth-order valence-corrected chi connectivity index (χ4v) is 3.99. The van der Waals surface area contributed by atoms with Crippen molar-refractivity contribution in [1.29, 1.82) is 0 Å². The molecule has 0 aliphatic heterocycles. The lowest BCUT2D eigenvalue weighted by atomic mass is 9.96. The van der Waals surface area contributed by atoms with Gasteiger partial charge in [0.05, 0.1) is 11.6 Å². The first-order valence-electron chi connectivity index (χ1n) is 9.05. The Balaban J connectivity index is 1.54. The van der Waals surface area contributed by atoms with Gasteiger partial charge < -0.3 is 5.32 Å². The quantitative estimate of drug-likeness (QED) is 0.460. The molecule has 27 heavy (non-hydrogen) atoms. The maximum Gasteiger partial charge on any atom is 0.233 e. The van der Waals surface area contributed by atoms with Crippen LogP contribution in [0.4, 0.5) is 5.13 Å². The van der Waals surface area contributed by atoms with Crippen LogP contribution in [0.5, 0.6) is 0 Å². The van der Waals surface area contributed by atoms with E-state index in [1.165, 1.54) is 22.1 Å². The lowest BCUT2D eigenvalue weighted by Gasteiger charge is -2.14. The number of thiazole rings is 1. The first kappa shape index (κ1) is 17.4. The zero-order valence-electron chi connectivity index (χ0n) is 15.1. The largest absolute Gasteiger partial charge is 0.301 e. The minimum atomic E-state index is -0.167. The number of benzene rings is 3. The molecule has 1 aromatic heterocycles. The van der Waals surface area contributed by atoms with Crippen molar-refractivity contribution in [1.82, 2.24) is 4.98 Å². The van der Waals surface area contributed by atoms with Gasteiger partial charge in [-0.25, -0.2) is 4.98 Å². The Morgan fingerprint density at radius 1 is 1.00 bits per heavy atom. The molecular weight excluding hydrogens is 352 g/mol. The van der Waals surface area contributed by atoms with Gasteiger partial charge in [-0.3, -0.25) is 4.79 Å². The van der Waals surface area contributed by atoms with Crippen LogP contribution < -0.4 is 5.32 Å². The Kier molecular flexibility index (Phi) is 4.99. The van der Waals surface area contributed by atoms with Gasteiger partial charge in [-0.2, -0.15) is 0 Å². The molecule has 0 aliphatic rings. The summed E-state index contributed by atoms with van der Waals surface area (Å²) in [5.41, 5.74) is 2.97. The summed E-state index contributed by atoms with van der Waals surface area (Å²) in [5.74, 6) is -0.178. The van der Waals surface area contributed by atoms with Crippen molar-refractivity contribution in [3.8, 4) is 11.3 Å². The van der Waals surface area contributed by atoms with Crippen LogP contribution in [0, 0.1) is 0 Å². The molecule has 0 radical (unpaired) electrons. The van der Waals surface area contributed by atoms with Crippen LogP contribution in [0.15, 0.2) is 78.2 Å². The molecule has 4 heteroatoms. The highest BCUT2D eigenvalue weighted by Crippen LogP contribution is 2.29. The lowest BCUT2D eigenvalue weighted by molar-refractivity contribution is -0.117. The molecule has 1 amide bonds. The van der Waals surface area contributed by atoms with Crippen molar-refractivity contribution >= 4 is 33.1 Å². The monoisotopic (exact) mass is 372 g/mol. The highest BCUT2D eigenvalue weighted by molar-refractivity contribution is 7.14. The molecule has 0 saturated heterocycles. The summed E-state index contributed by atoms with van der Waals surface area (Å²) < 4.78 is 0. The molecule has 3 aromatic carbocycles. The maximum atomic E-state index is 12.7. The molecule has 0 aliphatic carbocycles. The van der Waals surface area contributed by atoms with Gasteiger partial charge >= 0.3 is 0 Å². The Morgan fingerprint density at radius 2 is 1.74 bits per heavy atom. The van der Waals surface area contributed by atoms with Crippen molar-refractivity contribution in [3.63, 3.8) is 0 Å². The van der Waals surface area contributed by atoms with Gasteiger partial charge in [-0.05, 0) is 28.8 Å². The fourth-order valence-electron chi connectivity index (χ4n) is 3.26. The second-order valence-corrected chi connectivity index (χ2v) is 7.32. The molecule has 134 valence electrons.